The van der Waals surface area contributed by atoms with Crippen LogP contribution in [0.25, 0.3) is 0 Å². The van der Waals surface area contributed by atoms with Crippen molar-refractivity contribution < 1.29 is 37.9 Å². The van der Waals surface area contributed by atoms with Crippen molar-refractivity contribution >= 4 is 13.8 Å². The van der Waals surface area contributed by atoms with Gasteiger partial charge in [-0.1, -0.05) is 0 Å². The Balaban J connectivity index is 4.43. The number of nitrogens with two attached hydrogens (primary N) is 1. The minimum atomic E-state index is -4.59. The molecule has 126 valence electrons. The van der Waals surface area contributed by atoms with Crippen LogP contribution in [0, 0.1) is 0 Å². The first-order chi connectivity index (χ1) is 9.53. The van der Waals surface area contributed by atoms with Gasteiger partial charge in [0.2, 0.25) is 6.23 Å². The lowest BCUT2D eigenvalue weighted by atomic mass is 10.3. The molecule has 0 heterocycles. The van der Waals surface area contributed by atoms with Crippen molar-refractivity contribution in [2.24, 2.45) is 5.73 Å². The minimum absolute atomic E-state index is 0.0409. The molecule has 0 aliphatic carbocycles. The third-order valence-corrected chi connectivity index (χ3v) is 2.96. The predicted octanol–water partition coefficient (Wildman–Crippen LogP) is 0.708. The van der Waals surface area contributed by atoms with Gasteiger partial charge in [0, 0.05) is 0 Å². The summed E-state index contributed by atoms with van der Waals surface area (Å²) in [6.45, 7) is 7.10. The van der Waals surface area contributed by atoms with E-state index in [-0.39, 0.29) is 25.4 Å². The summed E-state index contributed by atoms with van der Waals surface area (Å²) >= 11 is 0. The number of aliphatic carboxylic acids is 1. The molecule has 0 fully saturated rings. The van der Waals surface area contributed by atoms with Crippen LogP contribution in [0.3, 0.4) is 0 Å². The van der Waals surface area contributed by atoms with Gasteiger partial charge in [0.1, 0.15) is 6.10 Å². The Hall–Kier alpha value is -0.540. The standard InChI is InChI=1S/C11H24NO8P/c1-7(2)17-5-9(19-8(3)4)6-18-21(15,16)20-10(12)11(13)14/h7-10H,5-6,12H2,1-4H3,(H,13,14)(H,15,16)/t9-,10+/m1/s1. The zero-order chi connectivity index (χ0) is 16.6. The third kappa shape index (κ3) is 10.8. The quantitative estimate of drug-likeness (QED) is 0.369. The molecule has 0 aromatic heterocycles. The van der Waals surface area contributed by atoms with E-state index >= 15 is 0 Å². The molecule has 10 heteroatoms. The van der Waals surface area contributed by atoms with Crippen LogP contribution in [0.1, 0.15) is 27.7 Å². The third-order valence-electron chi connectivity index (χ3n) is 1.99. The Kier molecular flexibility index (Phi) is 9.23. The second-order valence-electron chi connectivity index (χ2n) is 4.82. The molecule has 0 aliphatic rings. The van der Waals surface area contributed by atoms with Gasteiger partial charge in [0.05, 0.1) is 25.4 Å². The molecular formula is C11H24NO8P. The van der Waals surface area contributed by atoms with Gasteiger partial charge in [-0.05, 0) is 27.7 Å². The molecule has 0 saturated carbocycles. The van der Waals surface area contributed by atoms with Crippen LogP contribution in [-0.4, -0.2) is 53.7 Å². The normalized spacial score (nSPS) is 17.7. The first-order valence-electron chi connectivity index (χ1n) is 6.44. The molecule has 0 aliphatic heterocycles. The van der Waals surface area contributed by atoms with Gasteiger partial charge in [-0.15, -0.1) is 0 Å². The van der Waals surface area contributed by atoms with E-state index in [1.807, 2.05) is 13.8 Å². The number of hydrogen-bond acceptors (Lipinski definition) is 7. The fourth-order valence-electron chi connectivity index (χ4n) is 1.21. The molecule has 0 radical (unpaired) electrons. The largest absolute Gasteiger partial charge is 0.478 e. The molecule has 3 atom stereocenters. The fourth-order valence-corrected chi connectivity index (χ4v) is 2.00. The number of hydrogen-bond donors (Lipinski definition) is 3. The Morgan fingerprint density at radius 1 is 1.19 bits per heavy atom. The van der Waals surface area contributed by atoms with Crippen molar-refractivity contribution in [1.29, 1.82) is 0 Å². The van der Waals surface area contributed by atoms with Crippen LogP contribution in [0.5, 0.6) is 0 Å². The fraction of sp³-hybridized carbons (Fsp3) is 0.909. The van der Waals surface area contributed by atoms with Gasteiger partial charge in [0.25, 0.3) is 0 Å². The number of phosphoric acid groups is 1. The summed E-state index contributed by atoms with van der Waals surface area (Å²) in [7, 11) is -4.59. The predicted molar refractivity (Wildman–Crippen MR) is 73.6 cm³/mol. The SMILES string of the molecule is CC(C)OC[C@H](COP(=O)(O)O[C@H](N)C(=O)O)OC(C)C. The molecule has 0 saturated heterocycles. The van der Waals surface area contributed by atoms with E-state index in [2.05, 4.69) is 9.05 Å². The van der Waals surface area contributed by atoms with Crippen LogP contribution in [-0.2, 0) is 27.9 Å². The average Bonchev–Trinajstić information content (AvgIpc) is 2.31. The lowest BCUT2D eigenvalue weighted by Gasteiger charge is -2.23. The summed E-state index contributed by atoms with van der Waals surface area (Å²) in [6, 6.07) is 0. The summed E-state index contributed by atoms with van der Waals surface area (Å²) in [6.07, 6.45) is -2.73. The Bertz CT molecular complexity index is 362. The maximum atomic E-state index is 11.5. The zero-order valence-corrected chi connectivity index (χ0v) is 13.5. The summed E-state index contributed by atoms with van der Waals surface area (Å²) in [5.74, 6) is -1.58. The van der Waals surface area contributed by atoms with Crippen LogP contribution in [0.4, 0.5) is 0 Å². The van der Waals surface area contributed by atoms with Crippen LogP contribution in [0.15, 0.2) is 0 Å². The molecule has 4 N–H and O–H groups in total. The summed E-state index contributed by atoms with van der Waals surface area (Å²) in [4.78, 5) is 19.8. The van der Waals surface area contributed by atoms with E-state index in [0.29, 0.717) is 0 Å². The van der Waals surface area contributed by atoms with E-state index in [4.69, 9.17) is 20.3 Å². The Morgan fingerprint density at radius 3 is 2.19 bits per heavy atom. The number of carbonyl (C=O) groups is 1. The summed E-state index contributed by atoms with van der Waals surface area (Å²) in [5, 5.41) is 8.50. The first-order valence-corrected chi connectivity index (χ1v) is 7.94. The average molecular weight is 329 g/mol. The number of carboxylic acids is 1. The first kappa shape index (κ1) is 20.5. The van der Waals surface area contributed by atoms with Crippen molar-refractivity contribution in [3.8, 4) is 0 Å². The molecule has 0 rings (SSSR count). The van der Waals surface area contributed by atoms with Crippen LogP contribution < -0.4 is 5.73 Å². The van der Waals surface area contributed by atoms with Gasteiger partial charge >= 0.3 is 13.8 Å². The highest BCUT2D eigenvalue weighted by atomic mass is 31.2. The summed E-state index contributed by atoms with van der Waals surface area (Å²) < 4.78 is 31.3. The second kappa shape index (κ2) is 9.47. The van der Waals surface area contributed by atoms with Crippen LogP contribution in [0.2, 0.25) is 0 Å². The molecule has 0 amide bonds. The number of carboxylic acid groups (broad SMARTS) is 1. The Morgan fingerprint density at radius 2 is 1.76 bits per heavy atom. The highest BCUT2D eigenvalue weighted by Crippen LogP contribution is 2.44. The van der Waals surface area contributed by atoms with Crippen molar-refractivity contribution in [2.45, 2.75) is 52.2 Å². The lowest BCUT2D eigenvalue weighted by Crippen LogP contribution is -2.33. The van der Waals surface area contributed by atoms with Gasteiger partial charge in [-0.3, -0.25) is 14.8 Å². The van der Waals surface area contributed by atoms with Gasteiger partial charge in [0.15, 0.2) is 0 Å². The Labute approximate surface area is 123 Å². The summed E-state index contributed by atoms with van der Waals surface area (Å²) in [5.41, 5.74) is 5.00. The molecule has 9 nitrogen and oxygen atoms in total. The van der Waals surface area contributed by atoms with Gasteiger partial charge < -0.3 is 19.5 Å². The molecule has 0 aromatic rings. The van der Waals surface area contributed by atoms with Crippen molar-refractivity contribution in [3.05, 3.63) is 0 Å². The monoisotopic (exact) mass is 329 g/mol. The van der Waals surface area contributed by atoms with Crippen molar-refractivity contribution in [1.82, 2.24) is 0 Å². The number of phosphoric ester groups is 1. The van der Waals surface area contributed by atoms with E-state index in [1.54, 1.807) is 13.8 Å². The van der Waals surface area contributed by atoms with Gasteiger partial charge in [-0.2, -0.15) is 0 Å². The van der Waals surface area contributed by atoms with E-state index in [1.165, 1.54) is 0 Å². The highest BCUT2D eigenvalue weighted by Gasteiger charge is 2.30. The zero-order valence-electron chi connectivity index (χ0n) is 12.6. The maximum Gasteiger partial charge on any atom is 0.474 e. The second-order valence-corrected chi connectivity index (χ2v) is 6.22. The molecule has 21 heavy (non-hydrogen) atoms. The van der Waals surface area contributed by atoms with E-state index < -0.39 is 26.1 Å². The smallest absolute Gasteiger partial charge is 0.474 e. The maximum absolute atomic E-state index is 11.5. The number of rotatable bonds is 11. The molecule has 0 spiro atoms. The van der Waals surface area contributed by atoms with Crippen molar-refractivity contribution in [2.75, 3.05) is 13.2 Å². The van der Waals surface area contributed by atoms with E-state index in [9.17, 15) is 14.3 Å². The van der Waals surface area contributed by atoms with Gasteiger partial charge in [-0.25, -0.2) is 9.36 Å². The van der Waals surface area contributed by atoms with E-state index in [0.717, 1.165) is 0 Å². The minimum Gasteiger partial charge on any atom is -0.478 e. The molecule has 0 bridgehead atoms. The van der Waals surface area contributed by atoms with Crippen LogP contribution >= 0.6 is 7.82 Å². The topological polar surface area (TPSA) is 138 Å². The van der Waals surface area contributed by atoms with Crippen molar-refractivity contribution in [3.63, 3.8) is 0 Å². The molecule has 1 unspecified atom stereocenters. The lowest BCUT2D eigenvalue weighted by molar-refractivity contribution is -0.146. The number of ether oxygens (including phenoxy) is 2. The highest BCUT2D eigenvalue weighted by molar-refractivity contribution is 7.47. The molecular weight excluding hydrogens is 305 g/mol. The molecule has 0 aromatic carbocycles.